The summed E-state index contributed by atoms with van der Waals surface area (Å²) in [6.07, 6.45) is 2.87. The van der Waals surface area contributed by atoms with Gasteiger partial charge >= 0.3 is 0 Å². The summed E-state index contributed by atoms with van der Waals surface area (Å²) < 4.78 is 0. The van der Waals surface area contributed by atoms with Crippen molar-refractivity contribution < 1.29 is 4.79 Å². The molecule has 4 rings (SSSR count). The molecular weight excluding hydrogens is 328 g/mol. The topological polar surface area (TPSA) is 96.2 Å². The number of carbonyl (C=O) groups excluding carboxylic acids is 1. The first kappa shape index (κ1) is 16.8. The lowest BCUT2D eigenvalue weighted by Crippen LogP contribution is -2.44. The number of aromatic nitrogens is 2. The first-order chi connectivity index (χ1) is 12.6. The lowest BCUT2D eigenvalue weighted by atomic mass is 9.99. The fourth-order valence-corrected chi connectivity index (χ4v) is 3.90. The van der Waals surface area contributed by atoms with Crippen molar-refractivity contribution >= 4 is 23.4 Å². The zero-order valence-electron chi connectivity index (χ0n) is 15.0. The van der Waals surface area contributed by atoms with Gasteiger partial charge in [-0.25, -0.2) is 4.98 Å². The fourth-order valence-electron chi connectivity index (χ4n) is 3.90. The number of nitrogens with one attached hydrogen (secondary N) is 2. The second-order valence-corrected chi connectivity index (χ2v) is 6.84. The molecule has 0 radical (unpaired) electrons. The summed E-state index contributed by atoms with van der Waals surface area (Å²) >= 11 is 0. The number of nitrogen functional groups attached to an aromatic ring is 1. The molecule has 26 heavy (non-hydrogen) atoms. The van der Waals surface area contributed by atoms with E-state index in [1.165, 1.54) is 12.5 Å². The molecule has 1 amide bonds. The van der Waals surface area contributed by atoms with Crippen LogP contribution < -0.4 is 21.3 Å². The highest BCUT2D eigenvalue weighted by molar-refractivity contribution is 5.95. The van der Waals surface area contributed by atoms with Gasteiger partial charge in [0, 0.05) is 44.2 Å². The second-order valence-electron chi connectivity index (χ2n) is 6.84. The van der Waals surface area contributed by atoms with Crippen molar-refractivity contribution in [1.82, 2.24) is 15.3 Å². The van der Waals surface area contributed by atoms with Crippen molar-refractivity contribution in [2.45, 2.75) is 26.2 Å². The summed E-state index contributed by atoms with van der Waals surface area (Å²) in [5, 5.41) is 6.33. The van der Waals surface area contributed by atoms with E-state index in [0.717, 1.165) is 73.8 Å². The summed E-state index contributed by atoms with van der Waals surface area (Å²) in [6, 6.07) is 6.02. The molecule has 0 spiro atoms. The summed E-state index contributed by atoms with van der Waals surface area (Å²) in [7, 11) is 0. The van der Waals surface area contributed by atoms with Crippen molar-refractivity contribution in [3.63, 3.8) is 0 Å². The van der Waals surface area contributed by atoms with Crippen LogP contribution in [0.2, 0.25) is 0 Å². The van der Waals surface area contributed by atoms with Gasteiger partial charge in [0.05, 0.1) is 11.4 Å². The highest BCUT2D eigenvalue weighted by atomic mass is 16.1. The number of nitrogens with two attached hydrogens (primary N) is 1. The van der Waals surface area contributed by atoms with Crippen molar-refractivity contribution in [3.05, 3.63) is 29.3 Å². The highest BCUT2D eigenvalue weighted by Crippen LogP contribution is 2.40. The Morgan fingerprint density at radius 1 is 1.23 bits per heavy atom. The molecule has 7 nitrogen and oxygen atoms in total. The number of carbonyl (C=O) groups is 1. The largest absolute Gasteiger partial charge is 0.368 e. The Balaban J connectivity index is 1.90. The summed E-state index contributed by atoms with van der Waals surface area (Å²) in [4.78, 5) is 23.2. The lowest BCUT2D eigenvalue weighted by Gasteiger charge is -2.30. The molecular formula is C19H24N6O. The Bertz CT molecular complexity index is 844. The molecule has 0 bridgehead atoms. The van der Waals surface area contributed by atoms with Crippen LogP contribution in [0.15, 0.2) is 18.2 Å². The third-order valence-electron chi connectivity index (χ3n) is 4.99. The quantitative estimate of drug-likeness (QED) is 0.759. The molecule has 2 aliphatic rings. The third kappa shape index (κ3) is 3.10. The Morgan fingerprint density at radius 2 is 2.04 bits per heavy atom. The van der Waals surface area contributed by atoms with E-state index in [1.54, 1.807) is 0 Å². The molecule has 0 atom stereocenters. The maximum absolute atomic E-state index is 11.7. The molecule has 1 aliphatic carbocycles. The van der Waals surface area contributed by atoms with Crippen LogP contribution in [0.5, 0.6) is 0 Å². The van der Waals surface area contributed by atoms with Crippen LogP contribution in [-0.4, -0.2) is 42.1 Å². The minimum atomic E-state index is -0.0893. The monoisotopic (exact) mass is 352 g/mol. The molecule has 7 heteroatoms. The van der Waals surface area contributed by atoms with Crippen LogP contribution in [0.4, 0.5) is 17.5 Å². The molecule has 2 heterocycles. The van der Waals surface area contributed by atoms with Crippen LogP contribution in [0.1, 0.15) is 24.5 Å². The molecule has 1 fully saturated rings. The normalized spacial score (nSPS) is 16.4. The van der Waals surface area contributed by atoms with Crippen molar-refractivity contribution in [2.24, 2.45) is 0 Å². The van der Waals surface area contributed by atoms with Gasteiger partial charge in [0.1, 0.15) is 5.82 Å². The molecule has 1 aromatic heterocycles. The van der Waals surface area contributed by atoms with Gasteiger partial charge in [-0.05, 0) is 30.9 Å². The van der Waals surface area contributed by atoms with E-state index >= 15 is 0 Å². The van der Waals surface area contributed by atoms with E-state index < -0.39 is 0 Å². The van der Waals surface area contributed by atoms with Crippen LogP contribution in [0, 0.1) is 0 Å². The Hall–Kier alpha value is -2.67. The summed E-state index contributed by atoms with van der Waals surface area (Å²) in [5.41, 5.74) is 11.1. The standard InChI is InChI=1S/C19H24N6O/c1-12(26)22-15-7-3-5-13-4-2-6-14-17(16(13)15)23-19(20)24-18(14)25-10-8-21-9-11-25/h3,5,7,21H,2,4,6,8-11H2,1H3,(H,22,26)(H2,20,23,24). The minimum absolute atomic E-state index is 0.0893. The van der Waals surface area contributed by atoms with Gasteiger partial charge in [0.25, 0.3) is 0 Å². The Morgan fingerprint density at radius 3 is 2.81 bits per heavy atom. The van der Waals surface area contributed by atoms with Gasteiger partial charge in [-0.15, -0.1) is 0 Å². The zero-order valence-corrected chi connectivity index (χ0v) is 15.0. The van der Waals surface area contributed by atoms with E-state index in [0.29, 0.717) is 0 Å². The number of fused-ring (bicyclic) bond motifs is 3. The first-order valence-electron chi connectivity index (χ1n) is 9.15. The average Bonchev–Trinajstić information content (AvgIpc) is 2.81. The SMILES string of the molecule is CC(=O)Nc1cccc2c1-c1nc(N)nc(N3CCNCC3)c1CCC2. The van der Waals surface area contributed by atoms with E-state index in [4.69, 9.17) is 5.73 Å². The van der Waals surface area contributed by atoms with Crippen molar-refractivity contribution in [1.29, 1.82) is 0 Å². The second kappa shape index (κ2) is 6.92. The van der Waals surface area contributed by atoms with Gasteiger partial charge < -0.3 is 21.3 Å². The predicted molar refractivity (Wildman–Crippen MR) is 103 cm³/mol. The van der Waals surface area contributed by atoms with Gasteiger partial charge in [-0.2, -0.15) is 4.98 Å². The zero-order chi connectivity index (χ0) is 18.1. The smallest absolute Gasteiger partial charge is 0.222 e. The van der Waals surface area contributed by atoms with Crippen LogP contribution >= 0.6 is 0 Å². The lowest BCUT2D eigenvalue weighted by molar-refractivity contribution is -0.114. The van der Waals surface area contributed by atoms with E-state index in [9.17, 15) is 4.79 Å². The first-order valence-corrected chi connectivity index (χ1v) is 9.15. The number of aryl methyl sites for hydroxylation is 1. The summed E-state index contributed by atoms with van der Waals surface area (Å²) in [6.45, 7) is 5.21. The number of rotatable bonds is 2. The van der Waals surface area contributed by atoms with E-state index in [1.807, 2.05) is 12.1 Å². The maximum Gasteiger partial charge on any atom is 0.222 e. The Kier molecular flexibility index (Phi) is 4.46. The Labute approximate surface area is 153 Å². The van der Waals surface area contributed by atoms with Crippen molar-refractivity contribution in [3.8, 4) is 11.3 Å². The highest BCUT2D eigenvalue weighted by Gasteiger charge is 2.26. The van der Waals surface area contributed by atoms with E-state index in [-0.39, 0.29) is 11.9 Å². The van der Waals surface area contributed by atoms with Gasteiger partial charge in [-0.1, -0.05) is 12.1 Å². The number of amides is 1. The number of anilines is 3. The molecule has 136 valence electrons. The molecule has 2 aromatic rings. The molecule has 4 N–H and O–H groups in total. The number of benzene rings is 1. The van der Waals surface area contributed by atoms with Crippen molar-refractivity contribution in [2.75, 3.05) is 42.1 Å². The molecule has 0 unspecified atom stereocenters. The molecule has 1 aliphatic heterocycles. The number of nitrogens with zero attached hydrogens (tertiary/aromatic N) is 3. The van der Waals surface area contributed by atoms with Crippen LogP contribution in [0.3, 0.4) is 0 Å². The van der Waals surface area contributed by atoms with Gasteiger partial charge in [0.15, 0.2) is 0 Å². The number of hydrogen-bond acceptors (Lipinski definition) is 6. The van der Waals surface area contributed by atoms with Crippen LogP contribution in [0.25, 0.3) is 11.3 Å². The fraction of sp³-hybridized carbons (Fsp3) is 0.421. The van der Waals surface area contributed by atoms with E-state index in [2.05, 4.69) is 31.6 Å². The third-order valence-corrected chi connectivity index (χ3v) is 4.99. The molecule has 1 aromatic carbocycles. The minimum Gasteiger partial charge on any atom is -0.368 e. The van der Waals surface area contributed by atoms with Gasteiger partial charge in [-0.3, -0.25) is 4.79 Å². The molecule has 0 saturated carbocycles. The summed E-state index contributed by atoms with van der Waals surface area (Å²) in [5.74, 6) is 1.13. The average molecular weight is 352 g/mol. The number of piperazine rings is 1. The predicted octanol–water partition coefficient (Wildman–Crippen LogP) is 1.58. The van der Waals surface area contributed by atoms with Gasteiger partial charge in [0.2, 0.25) is 11.9 Å². The van der Waals surface area contributed by atoms with Crippen LogP contribution in [-0.2, 0) is 17.6 Å². The number of hydrogen-bond donors (Lipinski definition) is 3. The maximum atomic E-state index is 11.7. The molecule has 1 saturated heterocycles.